The molecule has 1 aromatic rings. The topological polar surface area (TPSA) is 16.1 Å². The van der Waals surface area contributed by atoms with Crippen LogP contribution in [-0.4, -0.2) is 35.0 Å². The van der Waals surface area contributed by atoms with Crippen molar-refractivity contribution in [1.82, 2.24) is 9.88 Å². The minimum atomic E-state index is 0.442. The Balaban J connectivity index is 2.58. The number of thioether (sulfide) groups is 1. The number of rotatable bonds is 6. The Hall–Kier alpha value is 0.0400. The first-order valence-electron chi connectivity index (χ1n) is 5.53. The van der Waals surface area contributed by atoms with Gasteiger partial charge in [-0.05, 0) is 38.5 Å². The molecule has 1 aromatic heterocycles. The number of hydrogen-bond acceptors (Lipinski definition) is 3. The van der Waals surface area contributed by atoms with Crippen molar-refractivity contribution in [2.45, 2.75) is 25.9 Å². The van der Waals surface area contributed by atoms with Crippen LogP contribution in [0.15, 0.2) is 12.3 Å². The van der Waals surface area contributed by atoms with Gasteiger partial charge in [-0.2, -0.15) is 11.8 Å². The Morgan fingerprint density at radius 2 is 2.18 bits per heavy atom. The van der Waals surface area contributed by atoms with Gasteiger partial charge in [-0.3, -0.25) is 4.90 Å². The van der Waals surface area contributed by atoms with Crippen molar-refractivity contribution in [3.8, 4) is 0 Å². The Labute approximate surface area is 118 Å². The van der Waals surface area contributed by atoms with Crippen LogP contribution in [0.4, 0.5) is 0 Å². The first-order valence-corrected chi connectivity index (χ1v) is 7.68. The van der Waals surface area contributed by atoms with Crippen molar-refractivity contribution in [3.63, 3.8) is 0 Å². The third-order valence-electron chi connectivity index (χ3n) is 2.81. The fraction of sp³-hybridized carbons (Fsp3) is 0.583. The van der Waals surface area contributed by atoms with E-state index in [9.17, 15) is 0 Å². The van der Waals surface area contributed by atoms with Gasteiger partial charge in [0.25, 0.3) is 0 Å². The molecule has 5 heteroatoms. The third-order valence-corrected chi connectivity index (χ3v) is 4.01. The summed E-state index contributed by atoms with van der Waals surface area (Å²) < 4.78 is 0. The van der Waals surface area contributed by atoms with E-state index in [2.05, 4.69) is 30.1 Å². The number of nitrogens with zero attached hydrogens (tertiary/aromatic N) is 2. The van der Waals surface area contributed by atoms with Crippen LogP contribution < -0.4 is 0 Å². The van der Waals surface area contributed by atoms with Gasteiger partial charge in [0.15, 0.2) is 0 Å². The molecule has 0 aromatic carbocycles. The smallest absolute Gasteiger partial charge is 0.130 e. The quantitative estimate of drug-likeness (QED) is 0.739. The number of pyridine rings is 1. The largest absolute Gasteiger partial charge is 0.299 e. The second-order valence-corrected chi connectivity index (χ2v) is 5.92. The lowest BCUT2D eigenvalue weighted by atomic mass is 10.2. The molecule has 0 N–H and O–H groups in total. The minimum absolute atomic E-state index is 0.442. The average Bonchev–Trinajstić information content (AvgIpc) is 2.29. The van der Waals surface area contributed by atoms with Crippen LogP contribution in [0.3, 0.4) is 0 Å². The molecule has 1 heterocycles. The predicted molar refractivity (Wildman–Crippen MR) is 78.2 cm³/mol. The van der Waals surface area contributed by atoms with E-state index in [1.165, 1.54) is 12.2 Å². The Kier molecular flexibility index (Phi) is 6.63. The molecule has 0 aliphatic carbocycles. The molecule has 2 nitrogen and oxygen atoms in total. The second kappa shape index (κ2) is 7.47. The van der Waals surface area contributed by atoms with E-state index < -0.39 is 0 Å². The first kappa shape index (κ1) is 15.1. The number of halogens is 2. The van der Waals surface area contributed by atoms with Crippen molar-refractivity contribution < 1.29 is 0 Å². The molecular formula is C12H18Cl2N2S. The van der Waals surface area contributed by atoms with Crippen LogP contribution in [0.1, 0.15) is 18.9 Å². The molecule has 0 radical (unpaired) electrons. The normalized spacial score (nSPS) is 13.1. The highest BCUT2D eigenvalue weighted by molar-refractivity contribution is 7.98. The number of hydrogen-bond donors (Lipinski definition) is 0. The Morgan fingerprint density at radius 1 is 1.47 bits per heavy atom. The first-order chi connectivity index (χ1) is 8.04. The molecule has 0 fully saturated rings. The van der Waals surface area contributed by atoms with Gasteiger partial charge in [-0.1, -0.05) is 23.2 Å². The molecule has 0 bridgehead atoms. The second-order valence-electron chi connectivity index (χ2n) is 4.14. The lowest BCUT2D eigenvalue weighted by Gasteiger charge is -2.24. The summed E-state index contributed by atoms with van der Waals surface area (Å²) in [6, 6.07) is 2.23. The monoisotopic (exact) mass is 292 g/mol. The van der Waals surface area contributed by atoms with Crippen molar-refractivity contribution >= 4 is 35.0 Å². The van der Waals surface area contributed by atoms with Crippen LogP contribution in [-0.2, 0) is 6.54 Å². The zero-order valence-electron chi connectivity index (χ0n) is 10.4. The summed E-state index contributed by atoms with van der Waals surface area (Å²) in [6.07, 6.45) is 5.06. The molecule has 0 aliphatic rings. The molecule has 1 atom stereocenters. The maximum Gasteiger partial charge on any atom is 0.130 e. The van der Waals surface area contributed by atoms with Gasteiger partial charge in [-0.15, -0.1) is 0 Å². The Morgan fingerprint density at radius 3 is 2.76 bits per heavy atom. The van der Waals surface area contributed by atoms with Crippen molar-refractivity contribution in [1.29, 1.82) is 0 Å². The van der Waals surface area contributed by atoms with Gasteiger partial charge in [0.2, 0.25) is 0 Å². The fourth-order valence-electron chi connectivity index (χ4n) is 1.49. The van der Waals surface area contributed by atoms with Crippen LogP contribution in [0, 0.1) is 0 Å². The molecule has 0 saturated carbocycles. The van der Waals surface area contributed by atoms with Crippen molar-refractivity contribution in [2.24, 2.45) is 0 Å². The summed E-state index contributed by atoms with van der Waals surface area (Å²) in [5, 5.41) is 1.13. The van der Waals surface area contributed by atoms with Crippen molar-refractivity contribution in [2.75, 3.05) is 19.1 Å². The van der Waals surface area contributed by atoms with Crippen LogP contribution >= 0.6 is 35.0 Å². The van der Waals surface area contributed by atoms with Gasteiger partial charge in [-0.25, -0.2) is 4.98 Å². The number of aromatic nitrogens is 1. The SMILES string of the molecule is CSCCC(C)N(C)Cc1cnc(Cl)cc1Cl. The van der Waals surface area contributed by atoms with Gasteiger partial charge in [0, 0.05) is 29.4 Å². The zero-order chi connectivity index (χ0) is 12.8. The van der Waals surface area contributed by atoms with E-state index in [1.807, 2.05) is 11.8 Å². The third kappa shape index (κ3) is 5.04. The van der Waals surface area contributed by atoms with Crippen LogP contribution in [0.5, 0.6) is 0 Å². The van der Waals surface area contributed by atoms with Gasteiger partial charge in [0.05, 0.1) is 0 Å². The molecule has 17 heavy (non-hydrogen) atoms. The lowest BCUT2D eigenvalue weighted by Crippen LogP contribution is -2.29. The van der Waals surface area contributed by atoms with Crippen LogP contribution in [0.25, 0.3) is 0 Å². The van der Waals surface area contributed by atoms with E-state index in [1.54, 1.807) is 12.3 Å². The Bertz CT molecular complexity index is 360. The summed E-state index contributed by atoms with van der Waals surface area (Å²) in [5.41, 5.74) is 1.02. The zero-order valence-corrected chi connectivity index (χ0v) is 12.7. The highest BCUT2D eigenvalue weighted by Crippen LogP contribution is 2.20. The summed E-state index contributed by atoms with van der Waals surface area (Å²) in [4.78, 5) is 6.35. The highest BCUT2D eigenvalue weighted by Gasteiger charge is 2.11. The lowest BCUT2D eigenvalue weighted by molar-refractivity contribution is 0.245. The van der Waals surface area contributed by atoms with E-state index in [4.69, 9.17) is 23.2 Å². The standard InChI is InChI=1S/C12H18Cl2N2S/c1-9(4-5-17-3)16(2)8-10-7-15-12(14)6-11(10)13/h6-7,9H,4-5,8H2,1-3H3. The van der Waals surface area contributed by atoms with E-state index in [0.717, 1.165) is 12.1 Å². The molecule has 0 saturated heterocycles. The van der Waals surface area contributed by atoms with E-state index in [-0.39, 0.29) is 0 Å². The van der Waals surface area contributed by atoms with E-state index >= 15 is 0 Å². The molecule has 0 amide bonds. The highest BCUT2D eigenvalue weighted by atomic mass is 35.5. The van der Waals surface area contributed by atoms with Gasteiger partial charge < -0.3 is 0 Å². The summed E-state index contributed by atoms with van der Waals surface area (Å²) >= 11 is 13.8. The molecule has 96 valence electrons. The summed E-state index contributed by atoms with van der Waals surface area (Å²) in [6.45, 7) is 3.03. The summed E-state index contributed by atoms with van der Waals surface area (Å²) in [7, 11) is 2.11. The van der Waals surface area contributed by atoms with Crippen LogP contribution in [0.2, 0.25) is 10.2 Å². The van der Waals surface area contributed by atoms with Gasteiger partial charge in [0.1, 0.15) is 5.15 Å². The molecule has 1 unspecified atom stereocenters. The minimum Gasteiger partial charge on any atom is -0.299 e. The summed E-state index contributed by atoms with van der Waals surface area (Å²) in [5.74, 6) is 1.18. The van der Waals surface area contributed by atoms with E-state index in [0.29, 0.717) is 16.2 Å². The molecule has 0 spiro atoms. The molecule has 0 aliphatic heterocycles. The fourth-order valence-corrected chi connectivity index (χ4v) is 2.49. The maximum atomic E-state index is 6.13. The molecular weight excluding hydrogens is 275 g/mol. The molecule has 1 rings (SSSR count). The van der Waals surface area contributed by atoms with Gasteiger partial charge >= 0.3 is 0 Å². The average molecular weight is 293 g/mol. The van der Waals surface area contributed by atoms with Crippen molar-refractivity contribution in [3.05, 3.63) is 28.0 Å². The predicted octanol–water partition coefficient (Wildman–Crippen LogP) is 3.96. The maximum absolute atomic E-state index is 6.13.